The van der Waals surface area contributed by atoms with Crippen molar-refractivity contribution in [3.8, 4) is 6.07 Å². The van der Waals surface area contributed by atoms with Crippen LogP contribution in [0.5, 0.6) is 0 Å². The molecule has 0 aliphatic carbocycles. The molecule has 13 heavy (non-hydrogen) atoms. The van der Waals surface area contributed by atoms with Gasteiger partial charge in [-0.05, 0) is 6.92 Å². The Hall–Kier alpha value is -2.10. The van der Waals surface area contributed by atoms with Crippen LogP contribution in [0.2, 0.25) is 0 Å². The summed E-state index contributed by atoms with van der Waals surface area (Å²) in [5.41, 5.74) is 0.882. The molecule has 0 radical (unpaired) electrons. The second-order valence-corrected chi connectivity index (χ2v) is 1.71. The number of carbonyl (C=O) groups is 2. The van der Waals surface area contributed by atoms with E-state index in [0.29, 0.717) is 0 Å². The van der Waals surface area contributed by atoms with Crippen molar-refractivity contribution in [2.45, 2.75) is 6.92 Å². The summed E-state index contributed by atoms with van der Waals surface area (Å²) < 4.78 is 4.40. The van der Waals surface area contributed by atoms with Crippen LogP contribution in [0, 0.1) is 11.3 Å². The molecule has 7 nitrogen and oxygen atoms in total. The third-order valence-corrected chi connectivity index (χ3v) is 0.838. The fourth-order valence-electron chi connectivity index (χ4n) is 0.419. The fourth-order valence-corrected chi connectivity index (χ4v) is 0.419. The Morgan fingerprint density at radius 2 is 2.31 bits per heavy atom. The Morgan fingerprint density at radius 1 is 1.69 bits per heavy atom. The molecule has 0 fully saturated rings. The first kappa shape index (κ1) is 10.9. The van der Waals surface area contributed by atoms with Crippen LogP contribution in [0.15, 0.2) is 5.10 Å². The Balaban J connectivity index is 4.34. The lowest BCUT2D eigenvalue weighted by molar-refractivity contribution is -0.134. The van der Waals surface area contributed by atoms with E-state index >= 15 is 0 Å². The molecule has 0 saturated heterocycles. The molecule has 7 heteroatoms. The van der Waals surface area contributed by atoms with Gasteiger partial charge in [-0.3, -0.25) is 0 Å². The van der Waals surface area contributed by atoms with E-state index < -0.39 is 17.8 Å². The summed E-state index contributed by atoms with van der Waals surface area (Å²) in [5, 5.41) is 19.4. The molecule has 0 aliphatic rings. The molecule has 0 unspecified atom stereocenters. The summed E-state index contributed by atoms with van der Waals surface area (Å²) in [6.07, 6.45) is -1.46. The first-order valence-electron chi connectivity index (χ1n) is 3.25. The number of amides is 1. The maximum atomic E-state index is 10.8. The van der Waals surface area contributed by atoms with Gasteiger partial charge in [-0.1, -0.05) is 0 Å². The lowest BCUT2D eigenvalue weighted by Gasteiger charge is -1.97. The molecule has 0 aromatic rings. The highest BCUT2D eigenvalue weighted by Crippen LogP contribution is 1.82. The van der Waals surface area contributed by atoms with Crippen molar-refractivity contribution in [3.05, 3.63) is 0 Å². The number of carbonyl (C=O) groups excluding carboxylic acids is 1. The number of rotatable bonds is 3. The van der Waals surface area contributed by atoms with Crippen LogP contribution >= 0.6 is 0 Å². The van der Waals surface area contributed by atoms with Crippen molar-refractivity contribution in [1.29, 1.82) is 5.26 Å². The van der Waals surface area contributed by atoms with Gasteiger partial charge in [0.2, 0.25) is 5.71 Å². The summed E-state index contributed by atoms with van der Waals surface area (Å²) in [6, 6.07) is 1.39. The molecule has 0 aliphatic heterocycles. The van der Waals surface area contributed by atoms with Gasteiger partial charge in [0.25, 0.3) is 0 Å². The van der Waals surface area contributed by atoms with Crippen molar-refractivity contribution >= 4 is 17.8 Å². The quantitative estimate of drug-likeness (QED) is 0.356. The zero-order chi connectivity index (χ0) is 10.3. The normalized spacial score (nSPS) is 10.0. The van der Waals surface area contributed by atoms with Crippen LogP contribution < -0.4 is 5.43 Å². The van der Waals surface area contributed by atoms with E-state index in [2.05, 4.69) is 9.84 Å². The van der Waals surface area contributed by atoms with Gasteiger partial charge in [-0.15, -0.1) is 0 Å². The molecular weight excluding hydrogens is 178 g/mol. The standard InChI is InChI=1S/C6H7N3O4/c1-2-13-5(10)4(3-7)8-9-6(11)12/h9H,2H2,1H3,(H,11,12). The van der Waals surface area contributed by atoms with Crippen molar-refractivity contribution in [3.63, 3.8) is 0 Å². The van der Waals surface area contributed by atoms with Crippen molar-refractivity contribution < 1.29 is 19.4 Å². The number of esters is 1. The molecule has 0 saturated carbocycles. The largest absolute Gasteiger partial charge is 0.464 e. The number of hydrogen-bond acceptors (Lipinski definition) is 5. The number of nitrogens with one attached hydrogen (secondary N) is 1. The number of ether oxygens (including phenoxy) is 1. The summed E-state index contributed by atoms with van der Waals surface area (Å²) >= 11 is 0. The third-order valence-electron chi connectivity index (χ3n) is 0.838. The summed E-state index contributed by atoms with van der Waals surface area (Å²) in [5.74, 6) is -0.959. The molecule has 0 spiro atoms. The topological polar surface area (TPSA) is 112 Å². The van der Waals surface area contributed by atoms with Crippen LogP contribution in [-0.4, -0.2) is 29.5 Å². The molecule has 2 N–H and O–H groups in total. The van der Waals surface area contributed by atoms with Gasteiger partial charge in [-0.2, -0.15) is 10.4 Å². The van der Waals surface area contributed by atoms with Crippen molar-refractivity contribution in [2.24, 2.45) is 5.10 Å². The molecule has 70 valence electrons. The SMILES string of the molecule is CCOC(=O)C(C#N)=NNC(=O)O. The summed E-state index contributed by atoms with van der Waals surface area (Å²) in [6.45, 7) is 1.64. The van der Waals surface area contributed by atoms with Gasteiger partial charge >= 0.3 is 12.1 Å². The minimum absolute atomic E-state index is 0.0899. The van der Waals surface area contributed by atoms with Gasteiger partial charge in [0.05, 0.1) is 6.61 Å². The minimum atomic E-state index is -1.46. The van der Waals surface area contributed by atoms with Crippen LogP contribution in [0.1, 0.15) is 6.92 Å². The third kappa shape index (κ3) is 4.36. The van der Waals surface area contributed by atoms with Crippen molar-refractivity contribution in [1.82, 2.24) is 5.43 Å². The van der Waals surface area contributed by atoms with Crippen LogP contribution in [-0.2, 0) is 9.53 Å². The summed E-state index contributed by atoms with van der Waals surface area (Å²) in [7, 11) is 0. The lowest BCUT2D eigenvalue weighted by Crippen LogP contribution is -2.22. The smallest absolute Gasteiger partial charge is 0.425 e. The van der Waals surface area contributed by atoms with E-state index in [4.69, 9.17) is 10.4 Å². The molecule has 0 bridgehead atoms. The number of hydrazone groups is 1. The number of nitrogens with zero attached hydrogens (tertiary/aromatic N) is 2. The number of carboxylic acid groups (broad SMARTS) is 1. The van der Waals surface area contributed by atoms with Gasteiger partial charge in [0.15, 0.2) is 0 Å². The Labute approximate surface area is 73.6 Å². The second kappa shape index (κ2) is 5.54. The Kier molecular flexibility index (Phi) is 4.64. The maximum absolute atomic E-state index is 10.8. The van der Waals surface area contributed by atoms with E-state index in [1.165, 1.54) is 11.5 Å². The molecule has 0 atom stereocenters. The van der Waals surface area contributed by atoms with E-state index in [0.717, 1.165) is 0 Å². The molecule has 1 amide bonds. The van der Waals surface area contributed by atoms with Crippen LogP contribution in [0.3, 0.4) is 0 Å². The fraction of sp³-hybridized carbons (Fsp3) is 0.333. The maximum Gasteiger partial charge on any atom is 0.425 e. The van der Waals surface area contributed by atoms with Gasteiger partial charge in [0, 0.05) is 0 Å². The molecule has 0 aromatic carbocycles. The zero-order valence-corrected chi connectivity index (χ0v) is 6.77. The van der Waals surface area contributed by atoms with Gasteiger partial charge < -0.3 is 9.84 Å². The van der Waals surface area contributed by atoms with Gasteiger partial charge in [0.1, 0.15) is 6.07 Å². The van der Waals surface area contributed by atoms with E-state index in [1.807, 2.05) is 0 Å². The highest BCUT2D eigenvalue weighted by molar-refractivity contribution is 6.43. The highest BCUT2D eigenvalue weighted by atomic mass is 16.5. The van der Waals surface area contributed by atoms with E-state index in [-0.39, 0.29) is 6.61 Å². The van der Waals surface area contributed by atoms with E-state index in [9.17, 15) is 9.59 Å². The van der Waals surface area contributed by atoms with Crippen molar-refractivity contribution in [2.75, 3.05) is 6.61 Å². The Bertz CT molecular complexity index is 278. The van der Waals surface area contributed by atoms with E-state index in [1.54, 1.807) is 6.92 Å². The first-order valence-corrected chi connectivity index (χ1v) is 3.25. The molecule has 0 heterocycles. The predicted molar refractivity (Wildman–Crippen MR) is 40.8 cm³/mol. The van der Waals surface area contributed by atoms with Crippen LogP contribution in [0.4, 0.5) is 4.79 Å². The monoisotopic (exact) mass is 185 g/mol. The lowest BCUT2D eigenvalue weighted by atomic mass is 10.4. The minimum Gasteiger partial charge on any atom is -0.464 e. The van der Waals surface area contributed by atoms with Crippen LogP contribution in [0.25, 0.3) is 0 Å². The van der Waals surface area contributed by atoms with Gasteiger partial charge in [-0.25, -0.2) is 15.0 Å². The summed E-state index contributed by atoms with van der Waals surface area (Å²) in [4.78, 5) is 20.7. The Morgan fingerprint density at radius 3 is 2.69 bits per heavy atom. The molecule has 0 aromatic heterocycles. The second-order valence-electron chi connectivity index (χ2n) is 1.71. The predicted octanol–water partition coefficient (Wildman–Crippen LogP) is -0.303. The molecule has 0 rings (SSSR count). The first-order chi connectivity index (χ1) is 6.11. The number of nitriles is 1. The molecular formula is C6H7N3O4. The zero-order valence-electron chi connectivity index (χ0n) is 6.77. The average molecular weight is 185 g/mol. The average Bonchev–Trinajstić information content (AvgIpc) is 2.05. The highest BCUT2D eigenvalue weighted by Gasteiger charge is 2.11. The number of hydrogen-bond donors (Lipinski definition) is 2.